The number of aromatic nitrogens is 2. The first-order valence-electron chi connectivity index (χ1n) is 6.74. The Hall–Kier alpha value is -0.820. The van der Waals surface area contributed by atoms with Gasteiger partial charge in [-0.3, -0.25) is 0 Å². The molecule has 20 heavy (non-hydrogen) atoms. The zero-order valence-electron chi connectivity index (χ0n) is 12.5. The SMILES string of the molecule is CCCNc1ncnc(SCCS(C)(=O)=O)c1C(C)C. The van der Waals surface area contributed by atoms with Crippen molar-refractivity contribution in [1.82, 2.24) is 9.97 Å². The van der Waals surface area contributed by atoms with Gasteiger partial charge in [0.1, 0.15) is 27.0 Å². The van der Waals surface area contributed by atoms with Crippen molar-refractivity contribution in [3.63, 3.8) is 0 Å². The third-order valence-electron chi connectivity index (χ3n) is 2.66. The van der Waals surface area contributed by atoms with Crippen molar-refractivity contribution < 1.29 is 8.42 Å². The molecule has 0 radical (unpaired) electrons. The molecule has 1 aromatic rings. The lowest BCUT2D eigenvalue weighted by Crippen LogP contribution is -2.10. The maximum atomic E-state index is 11.2. The van der Waals surface area contributed by atoms with E-state index in [-0.39, 0.29) is 11.7 Å². The van der Waals surface area contributed by atoms with Crippen molar-refractivity contribution in [2.24, 2.45) is 0 Å². The highest BCUT2D eigenvalue weighted by atomic mass is 32.2. The van der Waals surface area contributed by atoms with Crippen molar-refractivity contribution in [3.05, 3.63) is 11.9 Å². The van der Waals surface area contributed by atoms with Crippen LogP contribution in [0.15, 0.2) is 11.4 Å². The van der Waals surface area contributed by atoms with Gasteiger partial charge in [0.15, 0.2) is 0 Å². The van der Waals surface area contributed by atoms with Gasteiger partial charge in [0.2, 0.25) is 0 Å². The van der Waals surface area contributed by atoms with E-state index in [2.05, 4.69) is 36.1 Å². The minimum Gasteiger partial charge on any atom is -0.370 e. The number of hydrogen-bond acceptors (Lipinski definition) is 6. The lowest BCUT2D eigenvalue weighted by Gasteiger charge is -2.16. The van der Waals surface area contributed by atoms with E-state index >= 15 is 0 Å². The number of nitrogens with one attached hydrogen (secondary N) is 1. The van der Waals surface area contributed by atoms with Gasteiger partial charge in [-0.15, -0.1) is 11.8 Å². The topological polar surface area (TPSA) is 72.0 Å². The Labute approximate surface area is 125 Å². The predicted octanol–water partition coefficient (Wildman–Crippen LogP) is 2.56. The molecule has 0 aliphatic rings. The number of hydrogen-bond donors (Lipinski definition) is 1. The second kappa shape index (κ2) is 7.83. The Morgan fingerprint density at radius 1 is 1.35 bits per heavy atom. The van der Waals surface area contributed by atoms with Crippen LogP contribution in [0.5, 0.6) is 0 Å². The lowest BCUT2D eigenvalue weighted by molar-refractivity contribution is 0.603. The molecule has 7 heteroatoms. The highest BCUT2D eigenvalue weighted by Crippen LogP contribution is 2.31. The highest BCUT2D eigenvalue weighted by molar-refractivity contribution is 8.00. The van der Waals surface area contributed by atoms with Crippen LogP contribution < -0.4 is 5.32 Å². The number of sulfone groups is 1. The highest BCUT2D eigenvalue weighted by Gasteiger charge is 2.15. The molecule has 1 aromatic heterocycles. The Balaban J connectivity index is 2.88. The first-order chi connectivity index (χ1) is 9.35. The van der Waals surface area contributed by atoms with E-state index in [1.807, 2.05) is 0 Å². The van der Waals surface area contributed by atoms with Crippen LogP contribution in [-0.2, 0) is 9.84 Å². The van der Waals surface area contributed by atoms with Crippen molar-refractivity contribution in [2.45, 2.75) is 38.1 Å². The third kappa shape index (κ3) is 5.66. The van der Waals surface area contributed by atoms with Crippen molar-refractivity contribution in [2.75, 3.05) is 29.6 Å². The molecule has 0 aliphatic carbocycles. The van der Waals surface area contributed by atoms with Crippen LogP contribution in [0.4, 0.5) is 5.82 Å². The van der Waals surface area contributed by atoms with Gasteiger partial charge in [0.25, 0.3) is 0 Å². The van der Waals surface area contributed by atoms with E-state index in [1.165, 1.54) is 24.3 Å². The Bertz CT molecular complexity index is 530. The molecule has 114 valence electrons. The van der Waals surface area contributed by atoms with Gasteiger partial charge in [-0.25, -0.2) is 18.4 Å². The number of anilines is 1. The van der Waals surface area contributed by atoms with Crippen LogP contribution >= 0.6 is 11.8 Å². The van der Waals surface area contributed by atoms with E-state index in [4.69, 9.17) is 0 Å². The normalized spacial score (nSPS) is 11.8. The molecule has 0 bridgehead atoms. The molecule has 0 saturated carbocycles. The van der Waals surface area contributed by atoms with Crippen molar-refractivity contribution in [1.29, 1.82) is 0 Å². The molecule has 0 unspecified atom stereocenters. The minimum absolute atomic E-state index is 0.164. The summed E-state index contributed by atoms with van der Waals surface area (Å²) in [5.74, 6) is 1.83. The second-order valence-electron chi connectivity index (χ2n) is 5.00. The monoisotopic (exact) mass is 317 g/mol. The largest absolute Gasteiger partial charge is 0.370 e. The average Bonchev–Trinajstić information content (AvgIpc) is 2.34. The number of nitrogens with zero attached hydrogens (tertiary/aromatic N) is 2. The molecule has 0 fully saturated rings. The fourth-order valence-electron chi connectivity index (χ4n) is 1.69. The summed E-state index contributed by atoms with van der Waals surface area (Å²) >= 11 is 1.48. The molecule has 0 atom stereocenters. The van der Waals surface area contributed by atoms with E-state index in [1.54, 1.807) is 0 Å². The van der Waals surface area contributed by atoms with Crippen molar-refractivity contribution in [3.8, 4) is 0 Å². The summed E-state index contributed by atoms with van der Waals surface area (Å²) in [6.07, 6.45) is 3.82. The third-order valence-corrected chi connectivity index (χ3v) is 4.87. The predicted molar refractivity (Wildman–Crippen MR) is 85.3 cm³/mol. The first kappa shape index (κ1) is 17.2. The minimum atomic E-state index is -2.93. The number of rotatable bonds is 8. The van der Waals surface area contributed by atoms with Gasteiger partial charge >= 0.3 is 0 Å². The zero-order valence-corrected chi connectivity index (χ0v) is 14.1. The molecule has 0 amide bonds. The van der Waals surface area contributed by atoms with Crippen LogP contribution in [0.3, 0.4) is 0 Å². The molecule has 0 aliphatic heterocycles. The Kier molecular flexibility index (Phi) is 6.75. The maximum absolute atomic E-state index is 11.2. The fourth-order valence-corrected chi connectivity index (χ4v) is 4.04. The fraction of sp³-hybridized carbons (Fsp3) is 0.692. The van der Waals surface area contributed by atoms with Gasteiger partial charge in [0.05, 0.1) is 5.75 Å². The van der Waals surface area contributed by atoms with E-state index in [0.29, 0.717) is 5.75 Å². The summed E-state index contributed by atoms with van der Waals surface area (Å²) in [6.45, 7) is 7.15. The van der Waals surface area contributed by atoms with Crippen LogP contribution in [-0.4, -0.2) is 42.7 Å². The second-order valence-corrected chi connectivity index (χ2v) is 8.34. The van der Waals surface area contributed by atoms with Gasteiger partial charge in [-0.1, -0.05) is 20.8 Å². The summed E-state index contributed by atoms with van der Waals surface area (Å²) < 4.78 is 22.4. The van der Waals surface area contributed by atoms with Crippen LogP contribution in [0.25, 0.3) is 0 Å². The Morgan fingerprint density at radius 3 is 2.60 bits per heavy atom. The van der Waals surface area contributed by atoms with Crippen LogP contribution in [0, 0.1) is 0 Å². The average molecular weight is 317 g/mol. The van der Waals surface area contributed by atoms with Crippen LogP contribution in [0.2, 0.25) is 0 Å². The summed E-state index contributed by atoms with van der Waals surface area (Å²) in [7, 11) is -2.93. The molecular weight excluding hydrogens is 294 g/mol. The zero-order chi connectivity index (χ0) is 15.2. The van der Waals surface area contributed by atoms with Gasteiger partial charge in [-0.05, 0) is 12.3 Å². The van der Waals surface area contributed by atoms with Crippen LogP contribution in [0.1, 0.15) is 38.7 Å². The molecule has 1 heterocycles. The van der Waals surface area contributed by atoms with Gasteiger partial charge in [0, 0.05) is 24.1 Å². The lowest BCUT2D eigenvalue weighted by atomic mass is 10.1. The molecule has 0 spiro atoms. The summed E-state index contributed by atoms with van der Waals surface area (Å²) in [4.78, 5) is 8.61. The summed E-state index contributed by atoms with van der Waals surface area (Å²) in [6, 6.07) is 0. The van der Waals surface area contributed by atoms with Gasteiger partial charge in [-0.2, -0.15) is 0 Å². The molecule has 1 rings (SSSR count). The van der Waals surface area contributed by atoms with E-state index in [0.717, 1.165) is 29.4 Å². The smallest absolute Gasteiger partial charge is 0.148 e. The molecule has 0 saturated heterocycles. The maximum Gasteiger partial charge on any atom is 0.148 e. The molecule has 5 nitrogen and oxygen atoms in total. The van der Waals surface area contributed by atoms with Gasteiger partial charge < -0.3 is 5.32 Å². The Morgan fingerprint density at radius 2 is 2.05 bits per heavy atom. The quantitative estimate of drug-likeness (QED) is 0.587. The molecular formula is C13H23N3O2S2. The first-order valence-corrected chi connectivity index (χ1v) is 9.79. The molecule has 1 N–H and O–H groups in total. The van der Waals surface area contributed by atoms with E-state index < -0.39 is 9.84 Å². The summed E-state index contributed by atoms with van der Waals surface area (Å²) in [5.41, 5.74) is 1.07. The standard InChI is InChI=1S/C13H23N3O2S2/c1-5-6-14-12-11(10(2)3)13(16-9-15-12)19-7-8-20(4,17)18/h9-10H,5-8H2,1-4H3,(H,14,15,16). The van der Waals surface area contributed by atoms with E-state index in [9.17, 15) is 8.42 Å². The number of thioether (sulfide) groups is 1. The summed E-state index contributed by atoms with van der Waals surface area (Å²) in [5, 5.41) is 4.18. The van der Waals surface area contributed by atoms with Crippen molar-refractivity contribution >= 4 is 27.4 Å². The molecule has 0 aromatic carbocycles.